The first-order chi connectivity index (χ1) is 15.8. The number of hydrogen-bond acceptors (Lipinski definition) is 1. The molecule has 0 fully saturated rings. The number of ketones is 1. The topological polar surface area (TPSA) is 17.1 Å². The predicted octanol–water partition coefficient (Wildman–Crippen LogP) is 11.5. The van der Waals surface area contributed by atoms with Crippen LogP contribution in [-0.2, 0) is 4.79 Å². The number of hydrogen-bond donors (Lipinski definition) is 0. The molecule has 0 heterocycles. The van der Waals surface area contributed by atoms with E-state index >= 15 is 0 Å². The van der Waals surface area contributed by atoms with E-state index in [1.165, 1.54) is 154 Å². The monoisotopic (exact) mass is 450 g/mol. The fraction of sp³-hybridized carbons (Fsp3) is 0.968. The Morgan fingerprint density at radius 1 is 0.312 bits per heavy atom. The molecule has 0 bridgehead atoms. The van der Waals surface area contributed by atoms with Crippen molar-refractivity contribution >= 4 is 5.78 Å². The van der Waals surface area contributed by atoms with Crippen molar-refractivity contribution in [1.29, 1.82) is 0 Å². The van der Waals surface area contributed by atoms with Gasteiger partial charge in [0, 0.05) is 12.8 Å². The fourth-order valence-corrected chi connectivity index (χ4v) is 4.80. The number of carbonyl (C=O) groups excluding carboxylic acids is 1. The smallest absolute Gasteiger partial charge is 0.132 e. The van der Waals surface area contributed by atoms with Crippen molar-refractivity contribution < 1.29 is 4.79 Å². The van der Waals surface area contributed by atoms with Gasteiger partial charge in [0.05, 0.1) is 0 Å². The lowest BCUT2D eigenvalue weighted by Gasteiger charge is -2.04. The fourth-order valence-electron chi connectivity index (χ4n) is 4.80. The van der Waals surface area contributed by atoms with Gasteiger partial charge < -0.3 is 0 Å². The summed E-state index contributed by atoms with van der Waals surface area (Å²) in [5, 5.41) is 0. The van der Waals surface area contributed by atoms with Gasteiger partial charge >= 0.3 is 0 Å². The minimum Gasteiger partial charge on any atom is -0.300 e. The zero-order valence-electron chi connectivity index (χ0n) is 22.7. The van der Waals surface area contributed by atoms with Gasteiger partial charge in [-0.25, -0.2) is 0 Å². The molecule has 192 valence electrons. The molecule has 0 aliphatic rings. The summed E-state index contributed by atoms with van der Waals surface area (Å²) in [5.74, 6) is 0.521. The lowest BCUT2D eigenvalue weighted by atomic mass is 10.0. The van der Waals surface area contributed by atoms with E-state index in [2.05, 4.69) is 13.8 Å². The van der Waals surface area contributed by atoms with Gasteiger partial charge in [-0.2, -0.15) is 0 Å². The maximum Gasteiger partial charge on any atom is 0.132 e. The molecule has 0 radical (unpaired) electrons. The molecule has 0 aliphatic carbocycles. The highest BCUT2D eigenvalue weighted by molar-refractivity contribution is 5.78. The van der Waals surface area contributed by atoms with E-state index in [1.807, 2.05) is 0 Å². The zero-order valence-corrected chi connectivity index (χ0v) is 22.7. The van der Waals surface area contributed by atoms with Crippen LogP contribution >= 0.6 is 0 Å². The number of rotatable bonds is 28. The molecular weight excluding hydrogens is 388 g/mol. The highest BCUT2D eigenvalue weighted by atomic mass is 16.1. The van der Waals surface area contributed by atoms with Gasteiger partial charge in [-0.15, -0.1) is 0 Å². The Hall–Kier alpha value is -0.330. The van der Waals surface area contributed by atoms with Gasteiger partial charge in [-0.3, -0.25) is 4.79 Å². The van der Waals surface area contributed by atoms with Crippen LogP contribution in [0.15, 0.2) is 0 Å². The summed E-state index contributed by atoms with van der Waals surface area (Å²) in [6.07, 6.45) is 37.6. The maximum atomic E-state index is 12.0. The molecule has 0 saturated carbocycles. The molecular formula is C31H62O. The Bertz CT molecular complexity index is 348. The third-order valence-electron chi connectivity index (χ3n) is 7.12. The SMILES string of the molecule is CCCCCCCCCCCCCCCCCCCCC(=O)CCCCCCCCCC. The minimum atomic E-state index is 0.521. The van der Waals surface area contributed by atoms with Crippen molar-refractivity contribution in [2.45, 2.75) is 194 Å². The van der Waals surface area contributed by atoms with Crippen molar-refractivity contribution in [1.82, 2.24) is 0 Å². The second-order valence-corrected chi connectivity index (χ2v) is 10.5. The van der Waals surface area contributed by atoms with Crippen LogP contribution < -0.4 is 0 Å². The lowest BCUT2D eigenvalue weighted by Crippen LogP contribution is -1.97. The molecule has 1 nitrogen and oxygen atoms in total. The molecule has 0 aromatic carbocycles. The largest absolute Gasteiger partial charge is 0.300 e. The van der Waals surface area contributed by atoms with Crippen LogP contribution in [0.5, 0.6) is 0 Å². The second-order valence-electron chi connectivity index (χ2n) is 10.5. The van der Waals surface area contributed by atoms with Gasteiger partial charge in [0.25, 0.3) is 0 Å². The molecule has 0 rings (SSSR count). The van der Waals surface area contributed by atoms with E-state index in [0.29, 0.717) is 5.78 Å². The van der Waals surface area contributed by atoms with Crippen molar-refractivity contribution in [3.05, 3.63) is 0 Å². The summed E-state index contributed by atoms with van der Waals surface area (Å²) in [6, 6.07) is 0. The van der Waals surface area contributed by atoms with Gasteiger partial charge in [0.15, 0.2) is 0 Å². The quantitative estimate of drug-likeness (QED) is 0.108. The van der Waals surface area contributed by atoms with Crippen molar-refractivity contribution in [3.8, 4) is 0 Å². The molecule has 0 aromatic rings. The van der Waals surface area contributed by atoms with E-state index in [1.54, 1.807) is 0 Å². The highest BCUT2D eigenvalue weighted by Crippen LogP contribution is 2.15. The first-order valence-electron chi connectivity index (χ1n) is 15.3. The first-order valence-corrected chi connectivity index (χ1v) is 15.3. The van der Waals surface area contributed by atoms with Crippen molar-refractivity contribution in [2.24, 2.45) is 0 Å². The summed E-state index contributed by atoms with van der Waals surface area (Å²) >= 11 is 0. The van der Waals surface area contributed by atoms with Crippen LogP contribution in [0.1, 0.15) is 194 Å². The van der Waals surface area contributed by atoms with E-state index in [-0.39, 0.29) is 0 Å². The Balaban J connectivity index is 3.11. The molecule has 0 spiro atoms. The van der Waals surface area contributed by atoms with Crippen LogP contribution in [0.3, 0.4) is 0 Å². The van der Waals surface area contributed by atoms with E-state index in [0.717, 1.165) is 25.7 Å². The van der Waals surface area contributed by atoms with Crippen LogP contribution in [0, 0.1) is 0 Å². The molecule has 0 aliphatic heterocycles. The number of carbonyl (C=O) groups is 1. The van der Waals surface area contributed by atoms with Crippen LogP contribution in [0.2, 0.25) is 0 Å². The standard InChI is InChI=1S/C31H62O/c1-3-5-7-9-11-13-14-15-16-17-18-19-20-21-22-24-26-28-30-31(32)29-27-25-23-12-10-8-6-4-2/h3-30H2,1-2H3. The van der Waals surface area contributed by atoms with E-state index in [4.69, 9.17) is 0 Å². The van der Waals surface area contributed by atoms with Gasteiger partial charge in [0.2, 0.25) is 0 Å². The summed E-state index contributed by atoms with van der Waals surface area (Å²) in [4.78, 5) is 12.0. The van der Waals surface area contributed by atoms with Gasteiger partial charge in [0.1, 0.15) is 5.78 Å². The molecule has 1 heteroatoms. The zero-order chi connectivity index (χ0) is 23.4. The number of unbranched alkanes of at least 4 members (excludes halogenated alkanes) is 24. The van der Waals surface area contributed by atoms with Crippen molar-refractivity contribution in [2.75, 3.05) is 0 Å². The third kappa shape index (κ3) is 27.7. The van der Waals surface area contributed by atoms with Gasteiger partial charge in [-0.1, -0.05) is 168 Å². The van der Waals surface area contributed by atoms with E-state index < -0.39 is 0 Å². The summed E-state index contributed by atoms with van der Waals surface area (Å²) in [7, 11) is 0. The maximum absolute atomic E-state index is 12.0. The van der Waals surface area contributed by atoms with Crippen LogP contribution in [0.25, 0.3) is 0 Å². The minimum absolute atomic E-state index is 0.521. The Labute approximate surface area is 204 Å². The Morgan fingerprint density at radius 2 is 0.500 bits per heavy atom. The Morgan fingerprint density at radius 3 is 0.719 bits per heavy atom. The Kier molecular flexibility index (Phi) is 28.4. The second kappa shape index (κ2) is 28.7. The molecule has 0 N–H and O–H groups in total. The molecule has 0 saturated heterocycles. The first kappa shape index (κ1) is 31.7. The summed E-state index contributed by atoms with van der Waals surface area (Å²) in [6.45, 7) is 4.57. The summed E-state index contributed by atoms with van der Waals surface area (Å²) in [5.41, 5.74) is 0. The molecule has 0 unspecified atom stereocenters. The van der Waals surface area contributed by atoms with Crippen molar-refractivity contribution in [3.63, 3.8) is 0 Å². The molecule has 0 atom stereocenters. The normalized spacial score (nSPS) is 11.3. The van der Waals surface area contributed by atoms with Crippen LogP contribution in [0.4, 0.5) is 0 Å². The molecule has 0 amide bonds. The summed E-state index contributed by atoms with van der Waals surface area (Å²) < 4.78 is 0. The third-order valence-corrected chi connectivity index (χ3v) is 7.12. The lowest BCUT2D eigenvalue weighted by molar-refractivity contribution is -0.119. The highest BCUT2D eigenvalue weighted by Gasteiger charge is 2.02. The average molecular weight is 451 g/mol. The molecule has 0 aromatic heterocycles. The predicted molar refractivity (Wildman–Crippen MR) is 146 cm³/mol. The molecule has 32 heavy (non-hydrogen) atoms. The van der Waals surface area contributed by atoms with Gasteiger partial charge in [-0.05, 0) is 12.8 Å². The van der Waals surface area contributed by atoms with E-state index in [9.17, 15) is 4.79 Å². The van der Waals surface area contributed by atoms with Crippen LogP contribution in [-0.4, -0.2) is 5.78 Å². The average Bonchev–Trinajstić information content (AvgIpc) is 2.80. The number of Topliss-reactive ketones (excluding diaryl/α,β-unsaturated/α-hetero) is 1.